The molecule has 0 heterocycles. The molecule has 10 heteroatoms. The summed E-state index contributed by atoms with van der Waals surface area (Å²) in [5.41, 5.74) is -5.34. The van der Waals surface area contributed by atoms with Crippen LogP contribution in [0, 0.1) is 0 Å². The molecule has 0 aliphatic heterocycles. The Hall–Kier alpha value is -1.81. The van der Waals surface area contributed by atoms with E-state index in [4.69, 9.17) is 10.2 Å². The number of alkyl halides is 3. The molecule has 0 aliphatic rings. The average Bonchev–Trinajstić information content (AvgIpc) is 2.29. The van der Waals surface area contributed by atoms with E-state index in [0.717, 1.165) is 4.72 Å². The van der Waals surface area contributed by atoms with E-state index in [0.29, 0.717) is 0 Å². The number of carboxylic acids is 1. The second-order valence-corrected chi connectivity index (χ2v) is 5.53. The Bertz CT molecular complexity index is 582. The highest BCUT2D eigenvalue weighted by atomic mass is 32.2. The highest BCUT2D eigenvalue weighted by Gasteiger charge is 2.47. The van der Waals surface area contributed by atoms with E-state index in [2.05, 4.69) is 0 Å². The molecule has 1 aromatic rings. The third-order valence-corrected chi connectivity index (χ3v) is 3.48. The number of phenols is 1. The largest absolute Gasteiger partial charge is 0.511 e. The van der Waals surface area contributed by atoms with Crippen molar-refractivity contribution in [3.8, 4) is 5.75 Å². The first kappa shape index (κ1) is 16.2. The van der Waals surface area contributed by atoms with Gasteiger partial charge in [0.2, 0.25) is 0 Å². The van der Waals surface area contributed by atoms with Gasteiger partial charge >= 0.3 is 21.5 Å². The molecule has 1 aromatic carbocycles. The van der Waals surface area contributed by atoms with E-state index in [-0.39, 0.29) is 11.3 Å². The molecule has 0 spiro atoms. The number of benzene rings is 1. The summed E-state index contributed by atoms with van der Waals surface area (Å²) < 4.78 is 59.3. The minimum absolute atomic E-state index is 0.114. The van der Waals surface area contributed by atoms with Gasteiger partial charge < -0.3 is 10.2 Å². The molecule has 0 radical (unpaired) electrons. The number of halogens is 3. The Morgan fingerprint density at radius 1 is 1.25 bits per heavy atom. The number of hydrogen-bond donors (Lipinski definition) is 3. The van der Waals surface area contributed by atoms with Gasteiger partial charge in [-0.3, -0.25) is 4.79 Å². The molecule has 0 saturated heterocycles. The zero-order valence-corrected chi connectivity index (χ0v) is 10.6. The molecule has 112 valence electrons. The lowest BCUT2D eigenvalue weighted by Crippen LogP contribution is -2.47. The van der Waals surface area contributed by atoms with E-state index in [9.17, 15) is 26.4 Å². The first-order chi connectivity index (χ1) is 9.03. The van der Waals surface area contributed by atoms with Gasteiger partial charge in [0, 0.05) is 0 Å². The molecule has 6 nitrogen and oxygen atoms in total. The summed E-state index contributed by atoms with van der Waals surface area (Å²) in [6, 6.07) is 2.98. The van der Waals surface area contributed by atoms with E-state index < -0.39 is 34.0 Å². The zero-order chi connectivity index (χ0) is 15.6. The van der Waals surface area contributed by atoms with Crippen molar-refractivity contribution < 1.29 is 36.6 Å². The molecule has 0 saturated carbocycles. The minimum Gasteiger partial charge on any atom is -0.508 e. The Labute approximate surface area is 111 Å². The number of aromatic hydroxyl groups is 1. The van der Waals surface area contributed by atoms with Crippen LogP contribution in [-0.4, -0.2) is 36.2 Å². The molecule has 0 bridgehead atoms. The number of rotatable bonds is 5. The smallest absolute Gasteiger partial charge is 0.508 e. The summed E-state index contributed by atoms with van der Waals surface area (Å²) in [7, 11) is -5.75. The minimum atomic E-state index is -5.75. The maximum absolute atomic E-state index is 12.2. The molecule has 3 N–H and O–H groups in total. The van der Waals surface area contributed by atoms with Crippen LogP contribution in [0.25, 0.3) is 0 Å². The third-order valence-electron chi connectivity index (χ3n) is 2.28. The van der Waals surface area contributed by atoms with Crippen LogP contribution >= 0.6 is 0 Å². The van der Waals surface area contributed by atoms with Gasteiger partial charge in [-0.15, -0.1) is 0 Å². The fourth-order valence-corrected chi connectivity index (χ4v) is 1.99. The molecule has 0 aromatic heterocycles. The van der Waals surface area contributed by atoms with Gasteiger partial charge in [0.15, 0.2) is 0 Å². The summed E-state index contributed by atoms with van der Waals surface area (Å²) in [5, 5.41) is 17.8. The van der Waals surface area contributed by atoms with Crippen molar-refractivity contribution in [2.45, 2.75) is 18.0 Å². The lowest BCUT2D eigenvalue weighted by atomic mass is 10.1. The third kappa shape index (κ3) is 4.10. The quantitative estimate of drug-likeness (QED) is 0.747. The summed E-state index contributed by atoms with van der Waals surface area (Å²) in [6.07, 6.45) is -0.495. The number of nitrogens with one attached hydrogen (secondary N) is 1. The Balaban J connectivity index is 2.92. The molecule has 0 amide bonds. The van der Waals surface area contributed by atoms with Gasteiger partial charge in [-0.25, -0.2) is 8.42 Å². The predicted molar refractivity (Wildman–Crippen MR) is 61.3 cm³/mol. The number of phenolic OH excluding ortho intramolecular Hbond substituents is 1. The van der Waals surface area contributed by atoms with Crippen molar-refractivity contribution in [2.75, 3.05) is 0 Å². The molecule has 0 fully saturated rings. The van der Waals surface area contributed by atoms with Crippen LogP contribution in [0.1, 0.15) is 5.56 Å². The number of sulfonamides is 1. The van der Waals surface area contributed by atoms with Crippen molar-refractivity contribution in [3.63, 3.8) is 0 Å². The Morgan fingerprint density at radius 2 is 1.75 bits per heavy atom. The fraction of sp³-hybridized carbons (Fsp3) is 0.300. The van der Waals surface area contributed by atoms with Gasteiger partial charge in [0.05, 0.1) is 0 Å². The first-order valence-electron chi connectivity index (χ1n) is 5.12. The van der Waals surface area contributed by atoms with Gasteiger partial charge in [0.25, 0.3) is 0 Å². The van der Waals surface area contributed by atoms with Crippen LogP contribution in [0.5, 0.6) is 5.75 Å². The van der Waals surface area contributed by atoms with E-state index >= 15 is 0 Å². The summed E-state index contributed by atoms with van der Waals surface area (Å²) >= 11 is 0. The van der Waals surface area contributed by atoms with Crippen LogP contribution in [0.3, 0.4) is 0 Å². The van der Waals surface area contributed by atoms with Gasteiger partial charge in [-0.2, -0.15) is 17.9 Å². The van der Waals surface area contributed by atoms with Gasteiger partial charge in [0.1, 0.15) is 11.8 Å². The standard InChI is InChI=1S/C10H10F3NO5S/c11-10(12,13)20(18,19)14-8(9(16)17)5-6-1-3-7(15)4-2-6/h1-4,8,14-15H,5H2,(H,16,17)/t8-/m0/s1. The van der Waals surface area contributed by atoms with Gasteiger partial charge in [-0.05, 0) is 24.1 Å². The van der Waals surface area contributed by atoms with Crippen molar-refractivity contribution >= 4 is 16.0 Å². The second kappa shape index (κ2) is 5.67. The number of aliphatic carboxylic acids is 1. The number of carboxylic acid groups (broad SMARTS) is 1. The lowest BCUT2D eigenvalue weighted by molar-refractivity contribution is -0.139. The molecular formula is C10H10F3NO5S. The maximum atomic E-state index is 12.2. The fourth-order valence-electron chi connectivity index (χ4n) is 1.30. The van der Waals surface area contributed by atoms with Crippen LogP contribution in [0.15, 0.2) is 24.3 Å². The van der Waals surface area contributed by atoms with Crippen molar-refractivity contribution in [1.29, 1.82) is 0 Å². The van der Waals surface area contributed by atoms with Crippen LogP contribution < -0.4 is 4.72 Å². The van der Waals surface area contributed by atoms with Gasteiger partial charge in [-0.1, -0.05) is 12.1 Å². The monoisotopic (exact) mass is 313 g/mol. The summed E-state index contributed by atoms with van der Waals surface area (Å²) in [5.74, 6) is -1.86. The first-order valence-corrected chi connectivity index (χ1v) is 6.60. The second-order valence-electron chi connectivity index (χ2n) is 3.83. The van der Waals surface area contributed by atoms with Crippen molar-refractivity contribution in [2.24, 2.45) is 0 Å². The molecule has 20 heavy (non-hydrogen) atoms. The van der Waals surface area contributed by atoms with Crippen LogP contribution in [0.2, 0.25) is 0 Å². The number of hydrogen-bond acceptors (Lipinski definition) is 4. The predicted octanol–water partition coefficient (Wildman–Crippen LogP) is 0.827. The van der Waals surface area contributed by atoms with Crippen LogP contribution in [0.4, 0.5) is 13.2 Å². The molecule has 1 atom stereocenters. The number of carbonyl (C=O) groups is 1. The van der Waals surface area contributed by atoms with Crippen molar-refractivity contribution in [1.82, 2.24) is 4.72 Å². The van der Waals surface area contributed by atoms with Crippen LogP contribution in [-0.2, 0) is 21.2 Å². The summed E-state index contributed by atoms with van der Waals surface area (Å²) in [6.45, 7) is 0. The molecular weight excluding hydrogens is 303 g/mol. The molecule has 0 unspecified atom stereocenters. The molecule has 1 rings (SSSR count). The molecule has 0 aliphatic carbocycles. The maximum Gasteiger partial charge on any atom is 0.511 e. The topological polar surface area (TPSA) is 104 Å². The van der Waals surface area contributed by atoms with E-state index in [1.54, 1.807) is 0 Å². The SMILES string of the molecule is O=C(O)[C@H](Cc1ccc(O)cc1)NS(=O)(=O)C(F)(F)F. The Kier molecular flexibility index (Phi) is 4.61. The van der Waals surface area contributed by atoms with E-state index in [1.807, 2.05) is 0 Å². The highest BCUT2D eigenvalue weighted by molar-refractivity contribution is 7.90. The van der Waals surface area contributed by atoms with Crippen molar-refractivity contribution in [3.05, 3.63) is 29.8 Å². The average molecular weight is 313 g/mol. The highest BCUT2D eigenvalue weighted by Crippen LogP contribution is 2.22. The normalized spacial score (nSPS) is 13.9. The Morgan fingerprint density at radius 3 is 2.15 bits per heavy atom. The summed E-state index contributed by atoms with van der Waals surface area (Å²) in [4.78, 5) is 10.8. The lowest BCUT2D eigenvalue weighted by Gasteiger charge is -2.16. The van der Waals surface area contributed by atoms with E-state index in [1.165, 1.54) is 24.3 Å². The zero-order valence-electron chi connectivity index (χ0n) is 9.76.